The van der Waals surface area contributed by atoms with Gasteiger partial charge in [0.25, 0.3) is 6.43 Å². The predicted octanol–water partition coefficient (Wildman–Crippen LogP) is 1.61. The molecule has 1 rings (SSSR count). The molecular weight excluding hydrogens is 183 g/mol. The average molecular weight is 187 g/mol. The van der Waals surface area contributed by atoms with Crippen molar-refractivity contribution < 1.29 is 13.2 Å². The van der Waals surface area contributed by atoms with E-state index in [-0.39, 0.29) is 0 Å². The summed E-state index contributed by atoms with van der Waals surface area (Å²) in [6.45, 7) is 0. The number of nitrogens with two attached hydrogens (primary N) is 1. The molecule has 0 radical (unpaired) electrons. The first-order valence-electron chi connectivity index (χ1n) is 3.20. The van der Waals surface area contributed by atoms with E-state index in [4.69, 9.17) is 11.0 Å². The Balaban J connectivity index is 3.41. The zero-order valence-corrected chi connectivity index (χ0v) is 6.26. The van der Waals surface area contributed by atoms with E-state index in [1.54, 1.807) is 0 Å². The third-order valence-corrected chi connectivity index (χ3v) is 1.44. The molecule has 0 bridgehead atoms. The molecule has 6 heteroatoms. The highest BCUT2D eigenvalue weighted by molar-refractivity contribution is 5.56. The van der Waals surface area contributed by atoms with Crippen molar-refractivity contribution in [2.45, 2.75) is 6.43 Å². The van der Waals surface area contributed by atoms with Crippen LogP contribution in [0.15, 0.2) is 6.20 Å². The first-order valence-corrected chi connectivity index (χ1v) is 3.20. The molecule has 13 heavy (non-hydrogen) atoms. The standard InChI is InChI=1S/C7H4F3N3/c8-6(9)4-2-13-7(10)5(12)3(4)1-11/h2,6H,12H2. The topological polar surface area (TPSA) is 62.7 Å². The fourth-order valence-corrected chi connectivity index (χ4v) is 0.809. The maximum Gasteiger partial charge on any atom is 0.266 e. The molecule has 0 aromatic carbocycles. The van der Waals surface area contributed by atoms with Crippen LogP contribution in [0, 0.1) is 17.3 Å². The van der Waals surface area contributed by atoms with Crippen LogP contribution in [-0.2, 0) is 0 Å². The van der Waals surface area contributed by atoms with Gasteiger partial charge in [-0.3, -0.25) is 0 Å². The van der Waals surface area contributed by atoms with Gasteiger partial charge >= 0.3 is 0 Å². The van der Waals surface area contributed by atoms with Crippen LogP contribution in [0.1, 0.15) is 17.6 Å². The van der Waals surface area contributed by atoms with Crippen molar-refractivity contribution in [3.63, 3.8) is 0 Å². The summed E-state index contributed by atoms with van der Waals surface area (Å²) in [6, 6.07) is 1.40. The largest absolute Gasteiger partial charge is 0.394 e. The van der Waals surface area contributed by atoms with E-state index in [0.717, 1.165) is 0 Å². The summed E-state index contributed by atoms with van der Waals surface area (Å²) in [7, 11) is 0. The van der Waals surface area contributed by atoms with Crippen molar-refractivity contribution in [1.82, 2.24) is 4.98 Å². The lowest BCUT2D eigenvalue weighted by atomic mass is 10.1. The molecule has 1 aromatic rings. The average Bonchev–Trinajstić information content (AvgIpc) is 2.09. The van der Waals surface area contributed by atoms with Crippen molar-refractivity contribution in [3.8, 4) is 6.07 Å². The quantitative estimate of drug-likeness (QED) is 0.679. The number of hydrogen-bond acceptors (Lipinski definition) is 3. The molecule has 0 aliphatic rings. The number of anilines is 1. The molecule has 1 heterocycles. The van der Waals surface area contributed by atoms with Crippen LogP contribution in [0.4, 0.5) is 18.9 Å². The minimum atomic E-state index is -2.88. The van der Waals surface area contributed by atoms with E-state index < -0.39 is 29.2 Å². The molecule has 2 N–H and O–H groups in total. The monoisotopic (exact) mass is 187 g/mol. The Hall–Kier alpha value is -1.77. The number of rotatable bonds is 1. The molecule has 0 atom stereocenters. The second-order valence-corrected chi connectivity index (χ2v) is 2.21. The molecule has 0 amide bonds. The fourth-order valence-electron chi connectivity index (χ4n) is 0.809. The highest BCUT2D eigenvalue weighted by atomic mass is 19.3. The van der Waals surface area contributed by atoms with Gasteiger partial charge in [0.2, 0.25) is 5.95 Å². The van der Waals surface area contributed by atoms with Gasteiger partial charge in [-0.05, 0) is 0 Å². The molecule has 0 aliphatic heterocycles. The molecule has 0 fully saturated rings. The van der Waals surface area contributed by atoms with E-state index in [9.17, 15) is 13.2 Å². The Bertz CT molecular complexity index is 370. The van der Waals surface area contributed by atoms with Crippen molar-refractivity contribution >= 4 is 5.69 Å². The van der Waals surface area contributed by atoms with Crippen LogP contribution in [0.3, 0.4) is 0 Å². The molecule has 68 valence electrons. The SMILES string of the molecule is N#Cc1c(C(F)F)cnc(F)c1N. The highest BCUT2D eigenvalue weighted by Crippen LogP contribution is 2.26. The number of halogens is 3. The Morgan fingerprint density at radius 1 is 1.54 bits per heavy atom. The predicted molar refractivity (Wildman–Crippen MR) is 38.3 cm³/mol. The van der Waals surface area contributed by atoms with Crippen molar-refractivity contribution in [3.05, 3.63) is 23.3 Å². The van der Waals surface area contributed by atoms with Gasteiger partial charge in [0.15, 0.2) is 0 Å². The summed E-state index contributed by atoms with van der Waals surface area (Å²) in [5.41, 5.74) is 3.20. The number of hydrogen-bond donors (Lipinski definition) is 1. The number of nitrogen functional groups attached to an aromatic ring is 1. The lowest BCUT2D eigenvalue weighted by Gasteiger charge is -2.04. The first-order chi connectivity index (χ1) is 6.07. The van der Waals surface area contributed by atoms with Gasteiger partial charge in [-0.25, -0.2) is 13.8 Å². The number of aromatic nitrogens is 1. The molecule has 0 spiro atoms. The van der Waals surface area contributed by atoms with E-state index in [2.05, 4.69) is 4.98 Å². The zero-order chi connectivity index (χ0) is 10.0. The summed E-state index contributed by atoms with van der Waals surface area (Å²) < 4.78 is 36.9. The normalized spacial score (nSPS) is 10.1. The van der Waals surface area contributed by atoms with Gasteiger partial charge in [-0.15, -0.1) is 0 Å². The van der Waals surface area contributed by atoms with E-state index >= 15 is 0 Å². The van der Waals surface area contributed by atoms with Crippen LogP contribution in [0.5, 0.6) is 0 Å². The van der Waals surface area contributed by atoms with E-state index in [0.29, 0.717) is 6.20 Å². The third kappa shape index (κ3) is 1.54. The number of pyridine rings is 1. The van der Waals surface area contributed by atoms with Crippen LogP contribution in [0.25, 0.3) is 0 Å². The summed E-state index contributed by atoms with van der Waals surface area (Å²) >= 11 is 0. The summed E-state index contributed by atoms with van der Waals surface area (Å²) in [4.78, 5) is 2.99. The molecule has 0 aliphatic carbocycles. The highest BCUT2D eigenvalue weighted by Gasteiger charge is 2.18. The van der Waals surface area contributed by atoms with Crippen LogP contribution >= 0.6 is 0 Å². The first kappa shape index (κ1) is 9.32. The van der Waals surface area contributed by atoms with Gasteiger partial charge < -0.3 is 5.73 Å². The fraction of sp³-hybridized carbons (Fsp3) is 0.143. The smallest absolute Gasteiger partial charge is 0.266 e. The molecule has 0 unspecified atom stereocenters. The lowest BCUT2D eigenvalue weighted by molar-refractivity contribution is 0.150. The maximum absolute atomic E-state index is 12.6. The number of nitriles is 1. The van der Waals surface area contributed by atoms with Gasteiger partial charge in [0.1, 0.15) is 11.8 Å². The third-order valence-electron chi connectivity index (χ3n) is 1.44. The van der Waals surface area contributed by atoms with E-state index in [1.165, 1.54) is 6.07 Å². The molecule has 0 saturated heterocycles. The zero-order valence-electron chi connectivity index (χ0n) is 6.26. The van der Waals surface area contributed by atoms with Crippen LogP contribution in [-0.4, -0.2) is 4.98 Å². The molecule has 0 saturated carbocycles. The minimum Gasteiger partial charge on any atom is -0.394 e. The summed E-state index contributed by atoms with van der Waals surface area (Å²) in [5.74, 6) is -1.11. The van der Waals surface area contributed by atoms with Crippen molar-refractivity contribution in [2.24, 2.45) is 0 Å². The van der Waals surface area contributed by atoms with Crippen molar-refractivity contribution in [1.29, 1.82) is 5.26 Å². The summed E-state index contributed by atoms with van der Waals surface area (Å²) in [5, 5.41) is 8.41. The van der Waals surface area contributed by atoms with Gasteiger partial charge in [0, 0.05) is 6.20 Å². The molecular formula is C7H4F3N3. The Morgan fingerprint density at radius 2 is 2.15 bits per heavy atom. The van der Waals surface area contributed by atoms with Gasteiger partial charge in [-0.1, -0.05) is 0 Å². The van der Waals surface area contributed by atoms with Gasteiger partial charge in [0.05, 0.1) is 11.1 Å². The van der Waals surface area contributed by atoms with Crippen LogP contribution < -0.4 is 5.73 Å². The molecule has 1 aromatic heterocycles. The second-order valence-electron chi connectivity index (χ2n) is 2.21. The Morgan fingerprint density at radius 3 is 2.62 bits per heavy atom. The molecule has 3 nitrogen and oxygen atoms in total. The van der Waals surface area contributed by atoms with Gasteiger partial charge in [-0.2, -0.15) is 9.65 Å². The number of nitrogens with zero attached hydrogens (tertiary/aromatic N) is 2. The number of alkyl halides is 2. The maximum atomic E-state index is 12.6. The second kappa shape index (κ2) is 3.31. The minimum absolute atomic E-state index is 0.553. The van der Waals surface area contributed by atoms with Crippen LogP contribution in [0.2, 0.25) is 0 Å². The lowest BCUT2D eigenvalue weighted by Crippen LogP contribution is -2.02. The summed E-state index contributed by atoms with van der Waals surface area (Å²) in [6.07, 6.45) is -2.28. The van der Waals surface area contributed by atoms with E-state index in [1.807, 2.05) is 0 Å². The Kier molecular flexibility index (Phi) is 2.37. The van der Waals surface area contributed by atoms with Crippen molar-refractivity contribution in [2.75, 3.05) is 5.73 Å². The Labute approximate surface area is 71.6 Å².